The van der Waals surface area contributed by atoms with Crippen molar-refractivity contribution >= 4 is 40.0 Å². The van der Waals surface area contributed by atoms with Crippen LogP contribution in [-0.4, -0.2) is 20.9 Å². The van der Waals surface area contributed by atoms with Gasteiger partial charge in [-0.25, -0.2) is 14.4 Å². The van der Waals surface area contributed by atoms with Crippen molar-refractivity contribution in [2.45, 2.75) is 25.8 Å². The van der Waals surface area contributed by atoms with Crippen molar-refractivity contribution in [1.82, 2.24) is 20.4 Å². The Bertz CT molecular complexity index is 1360. The standard InChI is InChI=1S/C25H22ClFN6O/c1-14(18-4-2-3-5-21(18)27)31-23-19-10-16(8-9-22(19)28-13-20(23)26)17-11-29-25(30-12-17)33-32-24(34)15-6-7-15/h2-5,8-15H,6-7H2,1H3,(H,28,31)(H,32,34)(H,29,30,33). The van der Waals surface area contributed by atoms with E-state index in [1.807, 2.05) is 25.1 Å². The number of nitrogens with zero attached hydrogens (tertiary/aromatic N) is 3. The first-order chi connectivity index (χ1) is 16.5. The van der Waals surface area contributed by atoms with E-state index in [2.05, 4.69) is 31.1 Å². The van der Waals surface area contributed by atoms with Crippen molar-refractivity contribution in [2.24, 2.45) is 5.92 Å². The molecule has 1 unspecified atom stereocenters. The van der Waals surface area contributed by atoms with Gasteiger partial charge >= 0.3 is 0 Å². The number of nitrogens with one attached hydrogen (secondary N) is 3. The van der Waals surface area contributed by atoms with Gasteiger partial charge in [-0.2, -0.15) is 0 Å². The van der Waals surface area contributed by atoms with Crippen LogP contribution < -0.4 is 16.2 Å². The summed E-state index contributed by atoms with van der Waals surface area (Å²) in [5.41, 5.74) is 8.98. The summed E-state index contributed by atoms with van der Waals surface area (Å²) in [6, 6.07) is 12.1. The molecular weight excluding hydrogens is 455 g/mol. The lowest BCUT2D eigenvalue weighted by Crippen LogP contribution is -2.31. The molecule has 172 valence electrons. The van der Waals surface area contributed by atoms with E-state index in [9.17, 15) is 9.18 Å². The fourth-order valence-corrected chi connectivity index (χ4v) is 3.93. The molecule has 2 heterocycles. The molecule has 0 saturated heterocycles. The third-order valence-electron chi connectivity index (χ3n) is 5.79. The Morgan fingerprint density at radius 1 is 1.06 bits per heavy atom. The van der Waals surface area contributed by atoms with Gasteiger partial charge in [0.15, 0.2) is 0 Å². The third-order valence-corrected chi connectivity index (χ3v) is 6.07. The average molecular weight is 477 g/mol. The van der Waals surface area contributed by atoms with Crippen LogP contribution in [0.25, 0.3) is 22.0 Å². The molecular formula is C25H22ClFN6O. The van der Waals surface area contributed by atoms with Crippen molar-refractivity contribution in [3.63, 3.8) is 0 Å². The zero-order valence-electron chi connectivity index (χ0n) is 18.3. The molecule has 5 rings (SSSR count). The summed E-state index contributed by atoms with van der Waals surface area (Å²) in [5, 5.41) is 4.58. The van der Waals surface area contributed by atoms with E-state index in [1.165, 1.54) is 6.07 Å². The molecule has 0 spiro atoms. The van der Waals surface area contributed by atoms with Gasteiger partial charge in [-0.3, -0.25) is 20.6 Å². The minimum atomic E-state index is -0.313. The second-order valence-corrected chi connectivity index (χ2v) is 8.69. The summed E-state index contributed by atoms with van der Waals surface area (Å²) in [6.07, 6.45) is 6.77. The molecule has 4 aromatic rings. The summed E-state index contributed by atoms with van der Waals surface area (Å²) in [4.78, 5) is 24.8. The van der Waals surface area contributed by atoms with Gasteiger partial charge in [-0.15, -0.1) is 0 Å². The van der Waals surface area contributed by atoms with E-state index in [0.29, 0.717) is 22.2 Å². The minimum absolute atomic E-state index is 0.0452. The second kappa shape index (κ2) is 9.23. The van der Waals surface area contributed by atoms with Crippen LogP contribution in [0, 0.1) is 11.7 Å². The first-order valence-electron chi connectivity index (χ1n) is 11.0. The number of rotatable bonds is 7. The number of hydrogen-bond acceptors (Lipinski definition) is 6. The monoisotopic (exact) mass is 476 g/mol. The number of carbonyl (C=O) groups is 1. The van der Waals surface area contributed by atoms with Crippen LogP contribution in [0.4, 0.5) is 16.0 Å². The predicted molar refractivity (Wildman–Crippen MR) is 131 cm³/mol. The van der Waals surface area contributed by atoms with Crippen molar-refractivity contribution in [3.05, 3.63) is 77.5 Å². The molecule has 34 heavy (non-hydrogen) atoms. The lowest BCUT2D eigenvalue weighted by atomic mass is 10.0. The summed E-state index contributed by atoms with van der Waals surface area (Å²) in [5.74, 6) is 0.0751. The van der Waals surface area contributed by atoms with Crippen LogP contribution in [0.2, 0.25) is 5.02 Å². The van der Waals surface area contributed by atoms with Gasteiger partial charge in [0.05, 0.1) is 22.3 Å². The first-order valence-corrected chi connectivity index (χ1v) is 11.3. The number of fused-ring (bicyclic) bond motifs is 1. The van der Waals surface area contributed by atoms with Gasteiger partial charge in [-0.1, -0.05) is 35.9 Å². The molecule has 2 aromatic carbocycles. The lowest BCUT2D eigenvalue weighted by molar-refractivity contribution is -0.121. The number of aromatic nitrogens is 3. The Morgan fingerprint density at radius 3 is 2.56 bits per heavy atom. The maximum atomic E-state index is 14.3. The van der Waals surface area contributed by atoms with Gasteiger partial charge < -0.3 is 5.32 Å². The van der Waals surface area contributed by atoms with E-state index < -0.39 is 0 Å². The Balaban J connectivity index is 1.41. The Labute approximate surface area is 200 Å². The molecule has 1 fully saturated rings. The summed E-state index contributed by atoms with van der Waals surface area (Å²) >= 11 is 6.49. The normalized spacial score (nSPS) is 14.0. The quantitative estimate of drug-likeness (QED) is 0.305. The Morgan fingerprint density at radius 2 is 1.82 bits per heavy atom. The van der Waals surface area contributed by atoms with E-state index in [0.717, 1.165) is 34.9 Å². The maximum Gasteiger partial charge on any atom is 0.241 e. The SMILES string of the molecule is CC(Nc1c(Cl)cnc2ccc(-c3cnc(NNC(=O)C4CC4)nc3)cc12)c1ccccc1F. The van der Waals surface area contributed by atoms with Gasteiger partial charge in [0, 0.05) is 41.0 Å². The fraction of sp³-hybridized carbons (Fsp3) is 0.200. The molecule has 7 nitrogen and oxygen atoms in total. The predicted octanol–water partition coefficient (Wildman–Crippen LogP) is 5.51. The molecule has 2 aromatic heterocycles. The van der Waals surface area contributed by atoms with Crippen LogP contribution in [0.3, 0.4) is 0 Å². The maximum absolute atomic E-state index is 14.3. The Hall–Kier alpha value is -3.78. The third kappa shape index (κ3) is 4.63. The van der Waals surface area contributed by atoms with Gasteiger partial charge in [0.2, 0.25) is 11.9 Å². The number of hydrogen-bond donors (Lipinski definition) is 3. The molecule has 0 aliphatic heterocycles. The summed E-state index contributed by atoms with van der Waals surface area (Å²) < 4.78 is 14.3. The molecule has 1 aliphatic rings. The lowest BCUT2D eigenvalue weighted by Gasteiger charge is -2.19. The number of halogens is 2. The molecule has 3 N–H and O–H groups in total. The largest absolute Gasteiger partial charge is 0.377 e. The average Bonchev–Trinajstić information content (AvgIpc) is 3.70. The highest BCUT2D eigenvalue weighted by Crippen LogP contribution is 2.35. The topological polar surface area (TPSA) is 91.8 Å². The van der Waals surface area contributed by atoms with Gasteiger partial charge in [-0.05, 0) is 43.5 Å². The zero-order valence-corrected chi connectivity index (χ0v) is 19.1. The van der Waals surface area contributed by atoms with E-state index >= 15 is 0 Å². The molecule has 1 amide bonds. The summed E-state index contributed by atoms with van der Waals surface area (Å²) in [7, 11) is 0. The van der Waals surface area contributed by atoms with Crippen LogP contribution in [0.1, 0.15) is 31.4 Å². The highest BCUT2D eigenvalue weighted by Gasteiger charge is 2.29. The number of hydrazine groups is 1. The highest BCUT2D eigenvalue weighted by molar-refractivity contribution is 6.34. The van der Waals surface area contributed by atoms with Crippen LogP contribution in [0.15, 0.2) is 61.1 Å². The number of pyridine rings is 1. The summed E-state index contributed by atoms with van der Waals surface area (Å²) in [6.45, 7) is 1.88. The molecule has 0 bridgehead atoms. The minimum Gasteiger partial charge on any atom is -0.377 e. The van der Waals surface area contributed by atoms with Crippen molar-refractivity contribution in [3.8, 4) is 11.1 Å². The second-order valence-electron chi connectivity index (χ2n) is 8.28. The van der Waals surface area contributed by atoms with E-state index in [1.54, 1.807) is 36.8 Å². The number of amides is 1. The molecule has 1 atom stereocenters. The smallest absolute Gasteiger partial charge is 0.241 e. The Kier molecular flexibility index (Phi) is 5.98. The number of benzene rings is 2. The molecule has 1 aliphatic carbocycles. The first kappa shape index (κ1) is 22.0. The number of anilines is 2. The number of carbonyl (C=O) groups excluding carboxylic acids is 1. The molecule has 9 heteroatoms. The fourth-order valence-electron chi connectivity index (χ4n) is 3.72. The van der Waals surface area contributed by atoms with E-state index in [-0.39, 0.29) is 23.7 Å². The van der Waals surface area contributed by atoms with E-state index in [4.69, 9.17) is 11.6 Å². The van der Waals surface area contributed by atoms with Crippen molar-refractivity contribution in [2.75, 3.05) is 10.7 Å². The molecule has 0 radical (unpaired) electrons. The zero-order chi connectivity index (χ0) is 23.7. The van der Waals surface area contributed by atoms with Crippen LogP contribution >= 0.6 is 11.6 Å². The highest BCUT2D eigenvalue weighted by atomic mass is 35.5. The van der Waals surface area contributed by atoms with Crippen molar-refractivity contribution in [1.29, 1.82) is 0 Å². The van der Waals surface area contributed by atoms with Crippen LogP contribution in [-0.2, 0) is 4.79 Å². The van der Waals surface area contributed by atoms with Gasteiger partial charge in [0.1, 0.15) is 5.82 Å². The molecule has 1 saturated carbocycles. The van der Waals surface area contributed by atoms with Crippen LogP contribution in [0.5, 0.6) is 0 Å². The van der Waals surface area contributed by atoms with Crippen molar-refractivity contribution < 1.29 is 9.18 Å². The van der Waals surface area contributed by atoms with Gasteiger partial charge in [0.25, 0.3) is 0 Å².